The van der Waals surface area contributed by atoms with Crippen LogP contribution < -0.4 is 10.2 Å². The molecule has 24 heavy (non-hydrogen) atoms. The molecule has 0 unspecified atom stereocenters. The second-order valence-corrected chi connectivity index (χ2v) is 6.63. The molecule has 0 saturated carbocycles. The second kappa shape index (κ2) is 7.70. The Balaban J connectivity index is 1.49. The highest BCUT2D eigenvalue weighted by Crippen LogP contribution is 2.27. The first-order chi connectivity index (χ1) is 11.5. The average Bonchev–Trinajstić information content (AvgIpc) is 2.97. The van der Waals surface area contributed by atoms with Crippen molar-refractivity contribution in [1.82, 2.24) is 10.2 Å². The standard InChI is InChI=1S/C17H23F4N3/c18-14-2-1-3-15(19)17(14)24-9-6-13(10-24)22-12-4-7-23(8-5-12)11-16(20)21/h1-3,12-13,16,22H,4-11H2/t13-/m1/s1. The molecule has 2 heterocycles. The van der Waals surface area contributed by atoms with Gasteiger partial charge in [-0.2, -0.15) is 0 Å². The van der Waals surface area contributed by atoms with E-state index in [4.69, 9.17) is 0 Å². The second-order valence-electron chi connectivity index (χ2n) is 6.63. The van der Waals surface area contributed by atoms with E-state index >= 15 is 0 Å². The van der Waals surface area contributed by atoms with Crippen LogP contribution in [0.15, 0.2) is 18.2 Å². The number of piperidine rings is 1. The summed E-state index contributed by atoms with van der Waals surface area (Å²) in [5.41, 5.74) is 0.0496. The fourth-order valence-corrected chi connectivity index (χ4v) is 3.70. The Bertz CT molecular complexity index is 526. The van der Waals surface area contributed by atoms with Crippen molar-refractivity contribution in [3.63, 3.8) is 0 Å². The molecule has 7 heteroatoms. The molecular formula is C17H23F4N3. The Hall–Kier alpha value is -1.34. The van der Waals surface area contributed by atoms with E-state index in [1.54, 1.807) is 9.80 Å². The smallest absolute Gasteiger partial charge is 0.251 e. The van der Waals surface area contributed by atoms with Gasteiger partial charge in [-0.05, 0) is 44.5 Å². The first-order valence-electron chi connectivity index (χ1n) is 8.48. The van der Waals surface area contributed by atoms with Crippen LogP contribution in [-0.2, 0) is 0 Å². The molecule has 1 aromatic rings. The minimum Gasteiger partial charge on any atom is -0.365 e. The van der Waals surface area contributed by atoms with E-state index in [0.29, 0.717) is 26.2 Å². The molecule has 2 saturated heterocycles. The van der Waals surface area contributed by atoms with Crippen LogP contribution in [0, 0.1) is 11.6 Å². The first kappa shape index (κ1) is 17.5. The van der Waals surface area contributed by atoms with Gasteiger partial charge >= 0.3 is 0 Å². The molecule has 0 bridgehead atoms. The zero-order valence-corrected chi connectivity index (χ0v) is 13.5. The number of alkyl halides is 2. The predicted molar refractivity (Wildman–Crippen MR) is 85.6 cm³/mol. The number of hydrogen-bond acceptors (Lipinski definition) is 3. The minimum atomic E-state index is -2.28. The van der Waals surface area contributed by atoms with Gasteiger partial charge in [0.25, 0.3) is 6.43 Å². The Morgan fingerprint density at radius 1 is 1.00 bits per heavy atom. The summed E-state index contributed by atoms with van der Waals surface area (Å²) in [6.07, 6.45) is 0.202. The van der Waals surface area contributed by atoms with Gasteiger partial charge in [0.1, 0.15) is 17.3 Å². The van der Waals surface area contributed by atoms with Crippen LogP contribution in [0.4, 0.5) is 23.2 Å². The van der Waals surface area contributed by atoms with Crippen LogP contribution in [0.1, 0.15) is 19.3 Å². The molecule has 2 fully saturated rings. The van der Waals surface area contributed by atoms with Gasteiger partial charge in [0, 0.05) is 25.2 Å². The van der Waals surface area contributed by atoms with Crippen LogP contribution in [0.3, 0.4) is 0 Å². The third-order valence-corrected chi connectivity index (χ3v) is 4.90. The largest absolute Gasteiger partial charge is 0.365 e. The van der Waals surface area contributed by atoms with Crippen molar-refractivity contribution >= 4 is 5.69 Å². The maximum Gasteiger partial charge on any atom is 0.251 e. The summed E-state index contributed by atoms with van der Waals surface area (Å²) in [7, 11) is 0. The number of hydrogen-bond donors (Lipinski definition) is 1. The number of anilines is 1. The average molecular weight is 345 g/mol. The van der Waals surface area contributed by atoms with Gasteiger partial charge < -0.3 is 10.2 Å². The van der Waals surface area contributed by atoms with Crippen LogP contribution in [0.25, 0.3) is 0 Å². The van der Waals surface area contributed by atoms with Gasteiger partial charge in [-0.3, -0.25) is 4.90 Å². The van der Waals surface area contributed by atoms with Gasteiger partial charge in [0.05, 0.1) is 6.54 Å². The van der Waals surface area contributed by atoms with Crippen molar-refractivity contribution in [3.8, 4) is 0 Å². The normalized spacial score (nSPS) is 23.4. The van der Waals surface area contributed by atoms with Crippen molar-refractivity contribution in [2.45, 2.75) is 37.8 Å². The van der Waals surface area contributed by atoms with Gasteiger partial charge in [-0.1, -0.05) is 6.07 Å². The van der Waals surface area contributed by atoms with E-state index in [1.165, 1.54) is 18.2 Å². The summed E-state index contributed by atoms with van der Waals surface area (Å²) in [4.78, 5) is 3.53. The van der Waals surface area contributed by atoms with Gasteiger partial charge in [-0.25, -0.2) is 17.6 Å². The van der Waals surface area contributed by atoms with Crippen molar-refractivity contribution in [1.29, 1.82) is 0 Å². The molecule has 134 valence electrons. The van der Waals surface area contributed by atoms with Crippen molar-refractivity contribution in [2.24, 2.45) is 0 Å². The van der Waals surface area contributed by atoms with E-state index in [-0.39, 0.29) is 24.3 Å². The molecule has 0 spiro atoms. The quantitative estimate of drug-likeness (QED) is 0.828. The summed E-state index contributed by atoms with van der Waals surface area (Å²) in [5, 5.41) is 3.53. The predicted octanol–water partition coefficient (Wildman–Crippen LogP) is 2.86. The zero-order valence-electron chi connectivity index (χ0n) is 13.5. The molecule has 2 aliphatic heterocycles. The number of rotatable bonds is 5. The minimum absolute atomic E-state index is 0.0496. The highest BCUT2D eigenvalue weighted by Gasteiger charge is 2.29. The summed E-state index contributed by atoms with van der Waals surface area (Å²) >= 11 is 0. The molecule has 2 aliphatic rings. The first-order valence-corrected chi connectivity index (χ1v) is 8.48. The van der Waals surface area contributed by atoms with E-state index in [0.717, 1.165) is 19.3 Å². The number of nitrogens with one attached hydrogen (secondary N) is 1. The van der Waals surface area contributed by atoms with Crippen LogP contribution >= 0.6 is 0 Å². The third kappa shape index (κ3) is 4.19. The number of likely N-dealkylation sites (tertiary alicyclic amines) is 1. The Kier molecular flexibility index (Phi) is 5.61. The molecule has 0 radical (unpaired) electrons. The Labute approximate surface area is 139 Å². The molecule has 1 aromatic carbocycles. The van der Waals surface area contributed by atoms with Crippen molar-refractivity contribution in [2.75, 3.05) is 37.6 Å². The highest BCUT2D eigenvalue weighted by molar-refractivity contribution is 5.50. The maximum absolute atomic E-state index is 13.9. The molecule has 3 rings (SSSR count). The monoisotopic (exact) mass is 345 g/mol. The van der Waals surface area contributed by atoms with E-state index in [2.05, 4.69) is 5.32 Å². The molecule has 3 nitrogen and oxygen atoms in total. The summed E-state index contributed by atoms with van der Waals surface area (Å²) in [6, 6.07) is 4.38. The van der Waals surface area contributed by atoms with Crippen LogP contribution in [0.2, 0.25) is 0 Å². The summed E-state index contributed by atoms with van der Waals surface area (Å²) in [5.74, 6) is -1.06. The van der Waals surface area contributed by atoms with Gasteiger partial charge in [-0.15, -0.1) is 0 Å². The Morgan fingerprint density at radius 3 is 2.25 bits per heavy atom. The summed E-state index contributed by atoms with van der Waals surface area (Å²) < 4.78 is 52.5. The Morgan fingerprint density at radius 2 is 1.62 bits per heavy atom. The fraction of sp³-hybridized carbons (Fsp3) is 0.647. The third-order valence-electron chi connectivity index (χ3n) is 4.90. The maximum atomic E-state index is 13.9. The molecule has 1 atom stereocenters. The van der Waals surface area contributed by atoms with Crippen LogP contribution in [-0.4, -0.2) is 56.1 Å². The lowest BCUT2D eigenvalue weighted by atomic mass is 10.0. The lowest BCUT2D eigenvalue weighted by Gasteiger charge is -2.33. The van der Waals surface area contributed by atoms with E-state index in [9.17, 15) is 17.6 Å². The van der Waals surface area contributed by atoms with Crippen molar-refractivity contribution in [3.05, 3.63) is 29.8 Å². The number of benzene rings is 1. The molecule has 1 N–H and O–H groups in total. The molecular weight excluding hydrogens is 322 g/mol. The summed E-state index contributed by atoms with van der Waals surface area (Å²) in [6.45, 7) is 2.35. The lowest BCUT2D eigenvalue weighted by molar-refractivity contribution is 0.0722. The van der Waals surface area contributed by atoms with Crippen LogP contribution in [0.5, 0.6) is 0 Å². The topological polar surface area (TPSA) is 18.5 Å². The molecule has 0 aromatic heterocycles. The molecule has 0 aliphatic carbocycles. The molecule has 0 amide bonds. The SMILES string of the molecule is Fc1cccc(F)c1N1CC[C@@H](NC2CCN(CC(F)F)CC2)C1. The van der Waals surface area contributed by atoms with Gasteiger partial charge in [0.2, 0.25) is 0 Å². The zero-order chi connectivity index (χ0) is 17.1. The number of halogens is 4. The highest BCUT2D eigenvalue weighted by atomic mass is 19.3. The van der Waals surface area contributed by atoms with E-state index < -0.39 is 18.1 Å². The van der Waals surface area contributed by atoms with E-state index in [1.807, 2.05) is 0 Å². The number of nitrogens with zero attached hydrogens (tertiary/aromatic N) is 2. The fourth-order valence-electron chi connectivity index (χ4n) is 3.70. The van der Waals surface area contributed by atoms with Crippen molar-refractivity contribution < 1.29 is 17.6 Å². The lowest BCUT2D eigenvalue weighted by Crippen LogP contribution is -2.47. The van der Waals surface area contributed by atoms with Gasteiger partial charge in [0.15, 0.2) is 0 Å². The number of para-hydroxylation sites is 1.